The topological polar surface area (TPSA) is 60.4 Å². The van der Waals surface area contributed by atoms with Gasteiger partial charge in [0.25, 0.3) is 0 Å². The minimum atomic E-state index is -1.03. The SMILES string of the molecule is CC1=CCCC(C)(C)C1C(=O)CC(C)C(C(=O)OCc1ccccc1)C(=O)c1ccccc1. The summed E-state index contributed by atoms with van der Waals surface area (Å²) in [7, 11) is 0. The molecule has 0 fully saturated rings. The third-order valence-corrected chi connectivity index (χ3v) is 6.72. The molecule has 3 atom stereocenters. The number of Topliss-reactive ketones (excluding diaryl/α,β-unsaturated/α-hetero) is 2. The van der Waals surface area contributed by atoms with Gasteiger partial charge in [0.1, 0.15) is 18.3 Å². The van der Waals surface area contributed by atoms with Gasteiger partial charge in [0.2, 0.25) is 0 Å². The minimum absolute atomic E-state index is 0.0858. The minimum Gasteiger partial charge on any atom is -0.460 e. The van der Waals surface area contributed by atoms with E-state index < -0.39 is 17.8 Å². The van der Waals surface area contributed by atoms with Crippen molar-refractivity contribution in [3.05, 3.63) is 83.4 Å². The van der Waals surface area contributed by atoms with Crippen molar-refractivity contribution in [2.45, 2.75) is 53.6 Å². The molecule has 1 aliphatic carbocycles. The Hall–Kier alpha value is -3.01. The molecule has 0 N–H and O–H groups in total. The molecular formula is C29H34O4. The molecule has 0 spiro atoms. The van der Waals surface area contributed by atoms with E-state index >= 15 is 0 Å². The summed E-state index contributed by atoms with van der Waals surface area (Å²) in [5, 5.41) is 0. The quantitative estimate of drug-likeness (QED) is 0.199. The highest BCUT2D eigenvalue weighted by Gasteiger charge is 2.41. The second-order valence-electron chi connectivity index (χ2n) is 9.86. The van der Waals surface area contributed by atoms with Gasteiger partial charge in [-0.05, 0) is 36.7 Å². The average molecular weight is 447 g/mol. The molecule has 0 saturated heterocycles. The Balaban J connectivity index is 1.81. The van der Waals surface area contributed by atoms with Crippen molar-refractivity contribution in [1.82, 2.24) is 0 Å². The zero-order valence-corrected chi connectivity index (χ0v) is 20.0. The number of rotatable bonds is 9. The largest absolute Gasteiger partial charge is 0.460 e. The van der Waals surface area contributed by atoms with Crippen molar-refractivity contribution in [3.8, 4) is 0 Å². The molecular weight excluding hydrogens is 412 g/mol. The molecule has 3 rings (SSSR count). The van der Waals surface area contributed by atoms with Crippen LogP contribution < -0.4 is 0 Å². The van der Waals surface area contributed by atoms with E-state index in [0.29, 0.717) is 5.56 Å². The molecule has 3 unspecified atom stereocenters. The van der Waals surface area contributed by atoms with Crippen molar-refractivity contribution in [2.24, 2.45) is 23.2 Å². The van der Waals surface area contributed by atoms with Gasteiger partial charge in [-0.3, -0.25) is 14.4 Å². The molecule has 2 aromatic carbocycles. The first-order valence-corrected chi connectivity index (χ1v) is 11.7. The number of hydrogen-bond donors (Lipinski definition) is 0. The van der Waals surface area contributed by atoms with Crippen LogP contribution >= 0.6 is 0 Å². The van der Waals surface area contributed by atoms with Crippen LogP contribution in [-0.2, 0) is 20.9 Å². The first-order chi connectivity index (χ1) is 15.7. The maximum absolute atomic E-state index is 13.4. The lowest BCUT2D eigenvalue weighted by Gasteiger charge is -2.38. The lowest BCUT2D eigenvalue weighted by molar-refractivity contribution is -0.149. The molecule has 0 bridgehead atoms. The zero-order valence-electron chi connectivity index (χ0n) is 20.0. The number of benzene rings is 2. The summed E-state index contributed by atoms with van der Waals surface area (Å²) in [6.07, 6.45) is 4.21. The standard InChI is InChI=1S/C29H34O4/c1-20-12-11-17-29(3,4)26(20)24(30)18-21(2)25(27(31)23-15-9-6-10-16-23)28(32)33-19-22-13-7-5-8-14-22/h5-10,12-16,21,25-26H,11,17-19H2,1-4H3. The summed E-state index contributed by atoms with van der Waals surface area (Å²) in [4.78, 5) is 39.9. The van der Waals surface area contributed by atoms with Crippen LogP contribution in [0.15, 0.2) is 72.3 Å². The first kappa shape index (κ1) is 24.6. The van der Waals surface area contributed by atoms with Crippen LogP contribution in [0.2, 0.25) is 0 Å². The van der Waals surface area contributed by atoms with E-state index in [0.717, 1.165) is 24.0 Å². The molecule has 4 nitrogen and oxygen atoms in total. The average Bonchev–Trinajstić information content (AvgIpc) is 2.78. The van der Waals surface area contributed by atoms with Gasteiger partial charge in [-0.1, -0.05) is 93.1 Å². The van der Waals surface area contributed by atoms with Crippen molar-refractivity contribution in [1.29, 1.82) is 0 Å². The summed E-state index contributed by atoms with van der Waals surface area (Å²) < 4.78 is 5.56. The van der Waals surface area contributed by atoms with Crippen LogP contribution in [0.5, 0.6) is 0 Å². The van der Waals surface area contributed by atoms with Crippen LogP contribution in [0, 0.1) is 23.2 Å². The van der Waals surface area contributed by atoms with E-state index in [-0.39, 0.29) is 35.9 Å². The van der Waals surface area contributed by atoms with E-state index in [4.69, 9.17) is 4.74 Å². The fourth-order valence-corrected chi connectivity index (χ4v) is 4.99. The van der Waals surface area contributed by atoms with Gasteiger partial charge in [-0.2, -0.15) is 0 Å². The summed E-state index contributed by atoms with van der Waals surface area (Å²) in [6.45, 7) is 8.16. The smallest absolute Gasteiger partial charge is 0.317 e. The zero-order chi connectivity index (χ0) is 24.0. The second-order valence-corrected chi connectivity index (χ2v) is 9.86. The van der Waals surface area contributed by atoms with Crippen molar-refractivity contribution in [2.75, 3.05) is 0 Å². The van der Waals surface area contributed by atoms with E-state index in [2.05, 4.69) is 19.9 Å². The van der Waals surface area contributed by atoms with Crippen LogP contribution in [0.25, 0.3) is 0 Å². The van der Waals surface area contributed by atoms with Crippen LogP contribution in [0.4, 0.5) is 0 Å². The Morgan fingerprint density at radius 3 is 2.21 bits per heavy atom. The maximum atomic E-state index is 13.4. The van der Waals surface area contributed by atoms with Crippen molar-refractivity contribution >= 4 is 17.5 Å². The third-order valence-electron chi connectivity index (χ3n) is 6.72. The third kappa shape index (κ3) is 6.07. The molecule has 0 radical (unpaired) electrons. The molecule has 33 heavy (non-hydrogen) atoms. The number of carbonyl (C=O) groups is 3. The Kier molecular flexibility index (Phi) is 8.01. The lowest BCUT2D eigenvalue weighted by atomic mass is 9.65. The predicted octanol–water partition coefficient (Wildman–Crippen LogP) is 6.21. The van der Waals surface area contributed by atoms with Gasteiger partial charge in [0, 0.05) is 17.9 Å². The second kappa shape index (κ2) is 10.7. The number of hydrogen-bond acceptors (Lipinski definition) is 4. The van der Waals surface area contributed by atoms with Crippen LogP contribution in [0.1, 0.15) is 62.9 Å². The molecule has 2 aromatic rings. The Labute approximate surface area is 197 Å². The first-order valence-electron chi connectivity index (χ1n) is 11.7. The van der Waals surface area contributed by atoms with Gasteiger partial charge in [-0.15, -0.1) is 0 Å². The van der Waals surface area contributed by atoms with E-state index in [9.17, 15) is 14.4 Å². The van der Waals surface area contributed by atoms with Gasteiger partial charge in [0.15, 0.2) is 5.78 Å². The normalized spacial score (nSPS) is 19.2. The molecule has 0 saturated carbocycles. The molecule has 0 heterocycles. The summed E-state index contributed by atoms with van der Waals surface area (Å²) >= 11 is 0. The monoisotopic (exact) mass is 446 g/mol. The van der Waals surface area contributed by atoms with E-state index in [1.165, 1.54) is 0 Å². The fraction of sp³-hybridized carbons (Fsp3) is 0.414. The highest BCUT2D eigenvalue weighted by Crippen LogP contribution is 2.42. The maximum Gasteiger partial charge on any atom is 0.317 e. The van der Waals surface area contributed by atoms with Crippen molar-refractivity contribution < 1.29 is 19.1 Å². The lowest BCUT2D eigenvalue weighted by Crippen LogP contribution is -2.38. The number of esters is 1. The van der Waals surface area contributed by atoms with E-state index in [1.807, 2.05) is 50.2 Å². The van der Waals surface area contributed by atoms with E-state index in [1.54, 1.807) is 24.3 Å². The Bertz CT molecular complexity index is 1000. The van der Waals surface area contributed by atoms with Crippen molar-refractivity contribution in [3.63, 3.8) is 0 Å². The van der Waals surface area contributed by atoms with Crippen LogP contribution in [-0.4, -0.2) is 17.5 Å². The van der Waals surface area contributed by atoms with Gasteiger partial charge < -0.3 is 4.74 Å². The van der Waals surface area contributed by atoms with Crippen LogP contribution in [0.3, 0.4) is 0 Å². The number of allylic oxidation sites excluding steroid dienone is 2. The highest BCUT2D eigenvalue weighted by molar-refractivity contribution is 6.09. The molecule has 0 aromatic heterocycles. The predicted molar refractivity (Wildman–Crippen MR) is 130 cm³/mol. The summed E-state index contributed by atoms with van der Waals surface area (Å²) in [5.74, 6) is -2.49. The van der Waals surface area contributed by atoms with Gasteiger partial charge in [0.05, 0.1) is 0 Å². The molecule has 0 amide bonds. The molecule has 1 aliphatic rings. The Morgan fingerprint density at radius 2 is 1.61 bits per heavy atom. The Morgan fingerprint density at radius 1 is 1.00 bits per heavy atom. The molecule has 174 valence electrons. The number of ether oxygens (including phenoxy) is 1. The summed E-state index contributed by atoms with van der Waals surface area (Å²) in [5.41, 5.74) is 2.25. The summed E-state index contributed by atoms with van der Waals surface area (Å²) in [6, 6.07) is 18.1. The fourth-order valence-electron chi connectivity index (χ4n) is 4.99. The van der Waals surface area contributed by atoms with Gasteiger partial charge >= 0.3 is 5.97 Å². The molecule has 0 aliphatic heterocycles. The van der Waals surface area contributed by atoms with Gasteiger partial charge in [-0.25, -0.2) is 0 Å². The highest BCUT2D eigenvalue weighted by atomic mass is 16.5. The molecule has 4 heteroatoms. The number of ketones is 2. The number of carbonyl (C=O) groups excluding carboxylic acids is 3.